The minimum Gasteiger partial charge on any atom is -0.486 e. The second-order valence-electron chi connectivity index (χ2n) is 7.67. The van der Waals surface area contributed by atoms with E-state index in [1.54, 1.807) is 11.0 Å². The topological polar surface area (TPSA) is 102 Å². The Morgan fingerprint density at radius 3 is 2.74 bits per heavy atom. The first kappa shape index (κ1) is 19.5. The number of aromatic nitrogens is 3. The minimum absolute atomic E-state index is 0.00904. The normalized spacial score (nSPS) is 20.9. The van der Waals surface area contributed by atoms with Gasteiger partial charge < -0.3 is 14.8 Å². The van der Waals surface area contributed by atoms with Gasteiger partial charge in [0.1, 0.15) is 25.9 Å². The van der Waals surface area contributed by atoms with Crippen LogP contribution in [0.25, 0.3) is 5.69 Å². The second kappa shape index (κ2) is 8.37. The lowest BCUT2D eigenvalue weighted by Gasteiger charge is -2.24. The molecule has 9 nitrogen and oxygen atoms in total. The van der Waals surface area contributed by atoms with Crippen LogP contribution in [0.2, 0.25) is 0 Å². The molecule has 9 heteroatoms. The number of hydrazine groups is 1. The third-order valence-electron chi connectivity index (χ3n) is 5.68. The van der Waals surface area contributed by atoms with Crippen LogP contribution >= 0.6 is 0 Å². The van der Waals surface area contributed by atoms with E-state index in [1.165, 1.54) is 6.33 Å². The number of amides is 1. The van der Waals surface area contributed by atoms with Crippen LogP contribution in [0.3, 0.4) is 0 Å². The molecule has 0 bridgehead atoms. The van der Waals surface area contributed by atoms with Crippen LogP contribution in [0.15, 0.2) is 55.1 Å². The molecule has 0 saturated carbocycles. The molecule has 1 amide bonds. The van der Waals surface area contributed by atoms with Crippen LogP contribution in [-0.4, -0.2) is 40.4 Å². The Hall–Kier alpha value is -3.43. The Morgan fingerprint density at radius 2 is 1.97 bits per heavy atom. The van der Waals surface area contributed by atoms with Crippen molar-refractivity contribution >= 4 is 5.91 Å². The molecule has 3 N–H and O–H groups in total. The first-order valence-electron chi connectivity index (χ1n) is 10.3. The molecule has 2 aliphatic rings. The van der Waals surface area contributed by atoms with E-state index in [-0.39, 0.29) is 23.9 Å². The first-order chi connectivity index (χ1) is 15.2. The number of nitrogens with zero attached hydrogens (tertiary/aromatic N) is 3. The molecule has 3 heterocycles. The zero-order chi connectivity index (χ0) is 21.2. The van der Waals surface area contributed by atoms with Crippen LogP contribution in [0.4, 0.5) is 0 Å². The van der Waals surface area contributed by atoms with Gasteiger partial charge in [-0.2, -0.15) is 5.10 Å². The Labute approximate surface area is 179 Å². The summed E-state index contributed by atoms with van der Waals surface area (Å²) in [7, 11) is 0. The average Bonchev–Trinajstić information content (AvgIpc) is 3.51. The minimum atomic E-state index is -0.251. The molecule has 160 valence electrons. The highest BCUT2D eigenvalue weighted by Gasteiger charge is 2.35. The fourth-order valence-electron chi connectivity index (χ4n) is 3.97. The van der Waals surface area contributed by atoms with Gasteiger partial charge in [-0.05, 0) is 42.3 Å². The van der Waals surface area contributed by atoms with Crippen LogP contribution in [0.5, 0.6) is 11.5 Å². The summed E-state index contributed by atoms with van der Waals surface area (Å²) >= 11 is 0. The molecular weight excluding hydrogens is 396 g/mol. The third kappa shape index (κ3) is 3.97. The first-order valence-corrected chi connectivity index (χ1v) is 10.3. The number of hydrogen-bond acceptors (Lipinski definition) is 7. The van der Waals surface area contributed by atoms with E-state index < -0.39 is 0 Å². The number of carbonyl (C=O) groups excluding carboxylic acids is 1. The lowest BCUT2D eigenvalue weighted by Crippen LogP contribution is -2.36. The van der Waals surface area contributed by atoms with Gasteiger partial charge in [0, 0.05) is 6.54 Å². The van der Waals surface area contributed by atoms with Gasteiger partial charge in [0.2, 0.25) is 5.91 Å². The molecule has 1 aromatic heterocycles. The standard InChI is InChI=1S/C22H24N6O3/c1-14(15-2-5-17(6-3-15)28-13-23-12-25-28)26-22(29)18-11-24-27-21(18)16-4-7-19-20(10-16)31-9-8-30-19/h2-7,10,12-14,18,21,24,27H,8-9,11H2,1H3,(H,26,29). The molecule has 2 aromatic carbocycles. The summed E-state index contributed by atoms with van der Waals surface area (Å²) in [6.45, 7) is 3.61. The van der Waals surface area contributed by atoms with Gasteiger partial charge in [0.05, 0.1) is 23.7 Å². The summed E-state index contributed by atoms with van der Waals surface area (Å²) in [6, 6.07) is 13.5. The van der Waals surface area contributed by atoms with Gasteiger partial charge in [-0.25, -0.2) is 15.1 Å². The summed E-state index contributed by atoms with van der Waals surface area (Å²) in [5, 5.41) is 7.28. The number of nitrogens with one attached hydrogen (secondary N) is 3. The summed E-state index contributed by atoms with van der Waals surface area (Å²) in [4.78, 5) is 17.0. The zero-order valence-corrected chi connectivity index (χ0v) is 17.1. The molecule has 1 saturated heterocycles. The van der Waals surface area contributed by atoms with E-state index in [0.717, 1.165) is 28.3 Å². The van der Waals surface area contributed by atoms with Crippen LogP contribution in [0.1, 0.15) is 30.1 Å². The lowest BCUT2D eigenvalue weighted by molar-refractivity contribution is -0.125. The van der Waals surface area contributed by atoms with Crippen molar-refractivity contribution in [2.75, 3.05) is 19.8 Å². The molecular formula is C22H24N6O3. The van der Waals surface area contributed by atoms with Crippen LogP contribution in [-0.2, 0) is 4.79 Å². The molecule has 0 radical (unpaired) electrons. The summed E-state index contributed by atoms with van der Waals surface area (Å²) in [5.74, 6) is 1.20. The molecule has 2 aliphatic heterocycles. The fraction of sp³-hybridized carbons (Fsp3) is 0.318. The number of ether oxygens (including phenoxy) is 2. The molecule has 0 aliphatic carbocycles. The SMILES string of the molecule is CC(NC(=O)C1CNNC1c1ccc2c(c1)OCCO2)c1ccc(-n2cncn2)cc1. The van der Waals surface area contributed by atoms with Crippen molar-refractivity contribution < 1.29 is 14.3 Å². The second-order valence-corrected chi connectivity index (χ2v) is 7.67. The van der Waals surface area contributed by atoms with E-state index in [0.29, 0.717) is 19.8 Å². The molecule has 31 heavy (non-hydrogen) atoms. The van der Waals surface area contributed by atoms with E-state index in [2.05, 4.69) is 26.3 Å². The molecule has 3 unspecified atom stereocenters. The summed E-state index contributed by atoms with van der Waals surface area (Å²) in [6.07, 6.45) is 3.15. The molecule has 3 aromatic rings. The van der Waals surface area contributed by atoms with Crippen molar-refractivity contribution in [2.24, 2.45) is 5.92 Å². The maximum Gasteiger partial charge on any atom is 0.226 e. The third-order valence-corrected chi connectivity index (χ3v) is 5.68. The predicted molar refractivity (Wildman–Crippen MR) is 113 cm³/mol. The Morgan fingerprint density at radius 1 is 1.16 bits per heavy atom. The zero-order valence-electron chi connectivity index (χ0n) is 17.1. The van der Waals surface area contributed by atoms with Crippen molar-refractivity contribution in [1.82, 2.24) is 30.9 Å². The highest BCUT2D eigenvalue weighted by Crippen LogP contribution is 2.35. The van der Waals surface area contributed by atoms with E-state index in [1.807, 2.05) is 49.4 Å². The Balaban J connectivity index is 1.27. The van der Waals surface area contributed by atoms with Crippen LogP contribution in [0, 0.1) is 5.92 Å². The molecule has 5 rings (SSSR count). The smallest absolute Gasteiger partial charge is 0.226 e. The summed E-state index contributed by atoms with van der Waals surface area (Å²) < 4.78 is 13.0. The summed E-state index contributed by atoms with van der Waals surface area (Å²) in [5.41, 5.74) is 9.27. The number of rotatable bonds is 5. The van der Waals surface area contributed by atoms with Gasteiger partial charge >= 0.3 is 0 Å². The molecule has 3 atom stereocenters. The van der Waals surface area contributed by atoms with Gasteiger partial charge in [-0.3, -0.25) is 10.2 Å². The highest BCUT2D eigenvalue weighted by atomic mass is 16.6. The van der Waals surface area contributed by atoms with Crippen molar-refractivity contribution in [3.05, 3.63) is 66.2 Å². The van der Waals surface area contributed by atoms with Gasteiger partial charge in [-0.15, -0.1) is 0 Å². The number of fused-ring (bicyclic) bond motifs is 1. The van der Waals surface area contributed by atoms with Crippen molar-refractivity contribution in [2.45, 2.75) is 19.0 Å². The average molecular weight is 420 g/mol. The Kier molecular flexibility index (Phi) is 5.27. The van der Waals surface area contributed by atoms with E-state index >= 15 is 0 Å². The Bertz CT molecular complexity index is 1050. The lowest BCUT2D eigenvalue weighted by atomic mass is 9.93. The largest absolute Gasteiger partial charge is 0.486 e. The highest BCUT2D eigenvalue weighted by molar-refractivity contribution is 5.80. The maximum atomic E-state index is 13.1. The number of hydrogen-bond donors (Lipinski definition) is 3. The van der Waals surface area contributed by atoms with Gasteiger partial charge in [-0.1, -0.05) is 18.2 Å². The number of benzene rings is 2. The van der Waals surface area contributed by atoms with Gasteiger partial charge in [0.15, 0.2) is 11.5 Å². The van der Waals surface area contributed by atoms with E-state index in [9.17, 15) is 4.79 Å². The fourth-order valence-corrected chi connectivity index (χ4v) is 3.97. The van der Waals surface area contributed by atoms with E-state index in [4.69, 9.17) is 9.47 Å². The predicted octanol–water partition coefficient (Wildman–Crippen LogP) is 1.68. The quantitative estimate of drug-likeness (QED) is 0.577. The van der Waals surface area contributed by atoms with Crippen molar-refractivity contribution in [3.8, 4) is 17.2 Å². The monoisotopic (exact) mass is 420 g/mol. The molecule has 0 spiro atoms. The molecule has 1 fully saturated rings. The van der Waals surface area contributed by atoms with Gasteiger partial charge in [0.25, 0.3) is 0 Å². The maximum absolute atomic E-state index is 13.1. The number of carbonyl (C=O) groups is 1. The van der Waals surface area contributed by atoms with Crippen LogP contribution < -0.4 is 25.6 Å². The van der Waals surface area contributed by atoms with Crippen molar-refractivity contribution in [3.63, 3.8) is 0 Å². The van der Waals surface area contributed by atoms with Crippen molar-refractivity contribution in [1.29, 1.82) is 0 Å².